The molecule has 4 heteroatoms. The normalized spacial score (nSPS) is 11.5. The van der Waals surface area contributed by atoms with Gasteiger partial charge in [-0.15, -0.1) is 0 Å². The van der Waals surface area contributed by atoms with Crippen LogP contribution in [-0.4, -0.2) is 19.5 Å². The molecule has 8 rings (SSSR count). The maximum Gasteiger partial charge on any atom is 0.138 e. The Labute approximate surface area is 262 Å². The molecule has 8 aromatic rings. The molecular weight excluding hydrogens is 548 g/mol. The van der Waals surface area contributed by atoms with Gasteiger partial charge >= 0.3 is 0 Å². The summed E-state index contributed by atoms with van der Waals surface area (Å²) in [5.74, 6) is 0.854. The third-order valence-electron chi connectivity index (χ3n) is 8.62. The van der Waals surface area contributed by atoms with Gasteiger partial charge in [0, 0.05) is 17.1 Å². The molecule has 0 spiro atoms. The molecule has 0 saturated heterocycles. The zero-order valence-electron chi connectivity index (χ0n) is 25.2. The fourth-order valence-electron chi connectivity index (χ4n) is 6.44. The van der Waals surface area contributed by atoms with Crippen molar-refractivity contribution in [2.75, 3.05) is 0 Å². The van der Waals surface area contributed by atoms with Crippen LogP contribution in [0.15, 0.2) is 140 Å². The van der Waals surface area contributed by atoms with E-state index >= 15 is 0 Å². The molecule has 0 fully saturated rings. The molecule has 0 N–H and O–H groups in total. The first-order chi connectivity index (χ1) is 22.3. The predicted octanol–water partition coefficient (Wildman–Crippen LogP) is 10.5. The summed E-state index contributed by atoms with van der Waals surface area (Å²) in [4.78, 5) is 15.2. The van der Waals surface area contributed by atoms with Gasteiger partial charge in [0.05, 0.1) is 33.6 Å². The van der Waals surface area contributed by atoms with Crippen LogP contribution in [0.4, 0.5) is 0 Å². The third kappa shape index (κ3) is 4.95. The van der Waals surface area contributed by atoms with Crippen LogP contribution in [0.2, 0.25) is 0 Å². The van der Waals surface area contributed by atoms with Crippen LogP contribution in [0.5, 0.6) is 0 Å². The molecule has 0 saturated carbocycles. The first kappa shape index (κ1) is 27.0. The van der Waals surface area contributed by atoms with Crippen LogP contribution >= 0.6 is 0 Å². The summed E-state index contributed by atoms with van der Waals surface area (Å²) in [7, 11) is 0. The third-order valence-corrected chi connectivity index (χ3v) is 8.62. The molecule has 0 unspecified atom stereocenters. The summed E-state index contributed by atoms with van der Waals surface area (Å²) in [6.07, 6.45) is 5.12. The number of hydrogen-bond acceptors (Lipinski definition) is 3. The zero-order valence-corrected chi connectivity index (χ0v) is 25.2. The van der Waals surface area contributed by atoms with Crippen LogP contribution in [-0.2, 0) is 6.42 Å². The SMILES string of the molecule is CCCCc1cc(-c2cccc(-c3cccc4ccccc34)c2)nc(-c2cccc(-n3c4ccccc4c4ncccc43)n2)c1. The topological polar surface area (TPSA) is 43.6 Å². The van der Waals surface area contributed by atoms with Crippen molar-refractivity contribution >= 4 is 32.7 Å². The molecule has 0 atom stereocenters. The minimum Gasteiger partial charge on any atom is -0.292 e. The van der Waals surface area contributed by atoms with Crippen molar-refractivity contribution in [1.29, 1.82) is 0 Å². The number of rotatable bonds is 7. The van der Waals surface area contributed by atoms with Crippen molar-refractivity contribution in [1.82, 2.24) is 19.5 Å². The van der Waals surface area contributed by atoms with E-state index in [1.165, 1.54) is 27.5 Å². The molecule has 4 heterocycles. The number of benzene rings is 4. The number of aryl methyl sites for hydroxylation is 1. The first-order valence-electron chi connectivity index (χ1n) is 15.7. The first-order valence-corrected chi connectivity index (χ1v) is 15.7. The Kier molecular flexibility index (Phi) is 6.88. The molecule has 0 aliphatic carbocycles. The van der Waals surface area contributed by atoms with E-state index in [2.05, 4.69) is 139 Å². The van der Waals surface area contributed by atoms with Crippen molar-refractivity contribution in [3.8, 4) is 39.6 Å². The maximum atomic E-state index is 5.24. The second-order valence-electron chi connectivity index (χ2n) is 11.6. The highest BCUT2D eigenvalue weighted by molar-refractivity contribution is 6.06. The Hall–Kier alpha value is -5.61. The van der Waals surface area contributed by atoms with Crippen molar-refractivity contribution < 1.29 is 0 Å². The summed E-state index contributed by atoms with van der Waals surface area (Å²) >= 11 is 0. The monoisotopic (exact) mass is 580 g/mol. The molecule has 0 amide bonds. The van der Waals surface area contributed by atoms with Crippen LogP contribution in [0.3, 0.4) is 0 Å². The summed E-state index contributed by atoms with van der Waals surface area (Å²) in [5.41, 5.74) is 10.6. The van der Waals surface area contributed by atoms with Gasteiger partial charge in [-0.3, -0.25) is 9.55 Å². The van der Waals surface area contributed by atoms with Crippen LogP contribution in [0.1, 0.15) is 25.3 Å². The smallest absolute Gasteiger partial charge is 0.138 e. The van der Waals surface area contributed by atoms with Gasteiger partial charge in [0.1, 0.15) is 5.82 Å². The predicted molar refractivity (Wildman–Crippen MR) is 187 cm³/mol. The molecule has 0 aliphatic rings. The van der Waals surface area contributed by atoms with Gasteiger partial charge in [-0.05, 0) is 88.8 Å². The fraction of sp³-hybridized carbons (Fsp3) is 0.0976. The highest BCUT2D eigenvalue weighted by atomic mass is 15.1. The van der Waals surface area contributed by atoms with Gasteiger partial charge in [0.15, 0.2) is 0 Å². The van der Waals surface area contributed by atoms with Crippen molar-refractivity contribution in [3.05, 3.63) is 145 Å². The van der Waals surface area contributed by atoms with Gasteiger partial charge in [0.2, 0.25) is 0 Å². The lowest BCUT2D eigenvalue weighted by atomic mass is 9.95. The van der Waals surface area contributed by atoms with Crippen molar-refractivity contribution in [3.63, 3.8) is 0 Å². The largest absolute Gasteiger partial charge is 0.292 e. The van der Waals surface area contributed by atoms with E-state index in [9.17, 15) is 0 Å². The average Bonchev–Trinajstić information content (AvgIpc) is 3.45. The second-order valence-corrected chi connectivity index (χ2v) is 11.6. The molecule has 0 bridgehead atoms. The van der Waals surface area contributed by atoms with Gasteiger partial charge in [-0.25, -0.2) is 9.97 Å². The molecule has 4 aromatic carbocycles. The molecule has 45 heavy (non-hydrogen) atoms. The summed E-state index contributed by atoms with van der Waals surface area (Å²) in [6.45, 7) is 2.24. The quantitative estimate of drug-likeness (QED) is 0.188. The summed E-state index contributed by atoms with van der Waals surface area (Å²) in [5, 5.41) is 3.62. The van der Waals surface area contributed by atoms with Crippen LogP contribution < -0.4 is 0 Å². The van der Waals surface area contributed by atoms with E-state index in [1.54, 1.807) is 0 Å². The van der Waals surface area contributed by atoms with Crippen LogP contribution in [0.25, 0.3) is 72.3 Å². The van der Waals surface area contributed by atoms with E-state index < -0.39 is 0 Å². The fourth-order valence-corrected chi connectivity index (χ4v) is 6.44. The Morgan fingerprint density at radius 2 is 1.33 bits per heavy atom. The molecule has 0 radical (unpaired) electrons. The Morgan fingerprint density at radius 3 is 2.27 bits per heavy atom. The van der Waals surface area contributed by atoms with Gasteiger partial charge < -0.3 is 0 Å². The Bertz CT molecular complexity index is 2270. The van der Waals surface area contributed by atoms with E-state index in [0.717, 1.165) is 69.7 Å². The van der Waals surface area contributed by atoms with Gasteiger partial charge in [-0.2, -0.15) is 0 Å². The summed E-state index contributed by atoms with van der Waals surface area (Å²) < 4.78 is 2.21. The zero-order chi connectivity index (χ0) is 30.2. The lowest BCUT2D eigenvalue weighted by molar-refractivity contribution is 0.794. The van der Waals surface area contributed by atoms with E-state index in [-0.39, 0.29) is 0 Å². The lowest BCUT2D eigenvalue weighted by Gasteiger charge is -2.13. The minimum absolute atomic E-state index is 0.854. The average molecular weight is 581 g/mol. The Morgan fingerprint density at radius 1 is 0.578 bits per heavy atom. The minimum atomic E-state index is 0.854. The Balaban J connectivity index is 1.26. The highest BCUT2D eigenvalue weighted by Crippen LogP contribution is 2.34. The lowest BCUT2D eigenvalue weighted by Crippen LogP contribution is -2.00. The number of hydrogen-bond donors (Lipinski definition) is 0. The molecule has 4 aromatic heterocycles. The number of para-hydroxylation sites is 1. The maximum absolute atomic E-state index is 5.24. The van der Waals surface area contributed by atoms with Gasteiger partial charge in [-0.1, -0.05) is 98.3 Å². The van der Waals surface area contributed by atoms with E-state index in [0.29, 0.717) is 0 Å². The number of unbranched alkanes of at least 4 members (excludes halogenated alkanes) is 1. The number of fused-ring (bicyclic) bond motifs is 4. The van der Waals surface area contributed by atoms with E-state index in [1.807, 2.05) is 12.3 Å². The highest BCUT2D eigenvalue weighted by Gasteiger charge is 2.15. The molecule has 0 aliphatic heterocycles. The van der Waals surface area contributed by atoms with E-state index in [4.69, 9.17) is 15.0 Å². The molecule has 216 valence electrons. The standard InChI is InChI=1S/C41H32N4/c1-2-3-12-28-25-36(31-16-8-15-30(27-31)33-19-9-14-29-13-4-5-17-32(29)33)43-37(26-28)35-20-10-23-40(44-35)45-38-21-7-6-18-34(38)41-39(45)22-11-24-42-41/h4-11,13-27H,2-3,12H2,1H3. The summed E-state index contributed by atoms with van der Waals surface area (Å²) in [6, 6.07) is 47.0. The van der Waals surface area contributed by atoms with Crippen molar-refractivity contribution in [2.45, 2.75) is 26.2 Å². The number of nitrogens with zero attached hydrogens (tertiary/aromatic N) is 4. The molecule has 4 nitrogen and oxygen atoms in total. The molecular formula is C41H32N4. The number of aromatic nitrogens is 4. The van der Waals surface area contributed by atoms with Crippen molar-refractivity contribution in [2.24, 2.45) is 0 Å². The second kappa shape index (κ2) is 11.5. The number of pyridine rings is 3. The van der Waals surface area contributed by atoms with Crippen LogP contribution in [0, 0.1) is 0 Å². The van der Waals surface area contributed by atoms with Gasteiger partial charge in [0.25, 0.3) is 0 Å².